The Balaban J connectivity index is 1.79. The van der Waals surface area contributed by atoms with Crippen molar-refractivity contribution in [3.63, 3.8) is 0 Å². The van der Waals surface area contributed by atoms with Gasteiger partial charge in [-0.1, -0.05) is 89.6 Å². The van der Waals surface area contributed by atoms with Crippen LogP contribution in [0.2, 0.25) is 5.02 Å². The third-order valence-electron chi connectivity index (χ3n) is 4.28. The number of nitrogens with zero attached hydrogens (tertiary/aromatic N) is 3. The lowest BCUT2D eigenvalue weighted by Crippen LogP contribution is -2.07. The second-order valence-corrected chi connectivity index (χ2v) is 6.57. The van der Waals surface area contributed by atoms with E-state index in [2.05, 4.69) is 10.3 Å². The van der Waals surface area contributed by atoms with E-state index < -0.39 is 0 Å². The molecule has 27 heavy (non-hydrogen) atoms. The van der Waals surface area contributed by atoms with Crippen LogP contribution in [0.15, 0.2) is 84.9 Å². The maximum atomic E-state index is 13.0. The number of carbonyl (C=O) groups is 1. The van der Waals surface area contributed by atoms with Gasteiger partial charge in [0.25, 0.3) is 0 Å². The molecule has 0 radical (unpaired) electrons. The van der Waals surface area contributed by atoms with Crippen LogP contribution in [0.4, 0.5) is 0 Å². The molecule has 4 nitrogen and oxygen atoms in total. The highest BCUT2D eigenvalue weighted by Gasteiger charge is 2.22. The van der Waals surface area contributed by atoms with E-state index in [9.17, 15) is 4.79 Å². The van der Waals surface area contributed by atoms with E-state index in [1.165, 1.54) is 0 Å². The molecule has 3 aromatic carbocycles. The number of ketones is 1. The van der Waals surface area contributed by atoms with E-state index in [1.807, 2.05) is 72.8 Å². The first-order valence-corrected chi connectivity index (χ1v) is 8.93. The summed E-state index contributed by atoms with van der Waals surface area (Å²) in [6.07, 6.45) is 0. The maximum absolute atomic E-state index is 13.0. The van der Waals surface area contributed by atoms with Gasteiger partial charge in [0.15, 0.2) is 5.69 Å². The molecule has 0 bridgehead atoms. The Morgan fingerprint density at radius 1 is 0.852 bits per heavy atom. The minimum absolute atomic E-state index is 0.142. The zero-order valence-corrected chi connectivity index (χ0v) is 15.2. The highest BCUT2D eigenvalue weighted by Crippen LogP contribution is 2.25. The minimum atomic E-state index is -0.142. The number of halogens is 1. The molecule has 0 spiro atoms. The van der Waals surface area contributed by atoms with Gasteiger partial charge in [0.2, 0.25) is 5.78 Å². The van der Waals surface area contributed by atoms with E-state index in [-0.39, 0.29) is 5.78 Å². The molecule has 0 amide bonds. The van der Waals surface area contributed by atoms with Gasteiger partial charge in [-0.05, 0) is 17.7 Å². The van der Waals surface area contributed by atoms with Crippen LogP contribution in [0.1, 0.15) is 21.6 Å². The van der Waals surface area contributed by atoms with Crippen LogP contribution in [0.25, 0.3) is 11.3 Å². The molecule has 0 unspecified atom stereocenters. The summed E-state index contributed by atoms with van der Waals surface area (Å²) < 4.78 is 1.76. The third-order valence-corrected chi connectivity index (χ3v) is 4.53. The van der Waals surface area contributed by atoms with Crippen molar-refractivity contribution in [3.05, 3.63) is 107 Å². The molecule has 0 saturated heterocycles. The maximum Gasteiger partial charge on any atom is 0.215 e. The van der Waals surface area contributed by atoms with Gasteiger partial charge in [-0.2, -0.15) is 0 Å². The first-order valence-electron chi connectivity index (χ1n) is 8.55. The fourth-order valence-corrected chi connectivity index (χ4v) is 3.07. The third kappa shape index (κ3) is 3.66. The summed E-state index contributed by atoms with van der Waals surface area (Å²) in [6, 6.07) is 26.4. The van der Waals surface area contributed by atoms with Crippen LogP contribution in [-0.2, 0) is 6.54 Å². The highest BCUT2D eigenvalue weighted by atomic mass is 35.5. The summed E-state index contributed by atoms with van der Waals surface area (Å²) in [5, 5.41) is 9.17. The standard InChI is InChI=1S/C22H16ClN3O/c23-19-13-11-16(12-14-19)15-26-21(17-7-3-1-4-8-17)20(24-25-26)22(27)18-9-5-2-6-10-18/h1-14H,15H2. The van der Waals surface area contributed by atoms with Crippen molar-refractivity contribution in [1.29, 1.82) is 0 Å². The first kappa shape index (κ1) is 17.2. The predicted molar refractivity (Wildman–Crippen MR) is 106 cm³/mol. The Labute approximate surface area is 162 Å². The fraction of sp³-hybridized carbons (Fsp3) is 0.0455. The first-order chi connectivity index (χ1) is 13.2. The van der Waals surface area contributed by atoms with E-state index in [0.29, 0.717) is 28.5 Å². The molecule has 0 aliphatic rings. The molecule has 0 saturated carbocycles. The number of rotatable bonds is 5. The van der Waals surface area contributed by atoms with Crippen LogP contribution in [0.5, 0.6) is 0 Å². The molecule has 132 valence electrons. The van der Waals surface area contributed by atoms with Gasteiger partial charge in [-0.25, -0.2) is 4.68 Å². The molecule has 1 heterocycles. The fourth-order valence-electron chi connectivity index (χ4n) is 2.95. The van der Waals surface area contributed by atoms with Crippen molar-refractivity contribution in [1.82, 2.24) is 15.0 Å². The summed E-state index contributed by atoms with van der Waals surface area (Å²) >= 11 is 5.98. The number of hydrogen-bond donors (Lipinski definition) is 0. The second kappa shape index (κ2) is 7.56. The lowest BCUT2D eigenvalue weighted by atomic mass is 10.0. The lowest BCUT2D eigenvalue weighted by Gasteiger charge is -2.09. The lowest BCUT2D eigenvalue weighted by molar-refractivity contribution is 0.103. The summed E-state index contributed by atoms with van der Waals surface area (Å²) in [6.45, 7) is 0.496. The van der Waals surface area contributed by atoms with Gasteiger partial charge >= 0.3 is 0 Å². The van der Waals surface area contributed by atoms with Crippen LogP contribution in [0.3, 0.4) is 0 Å². The van der Waals surface area contributed by atoms with E-state index in [0.717, 1.165) is 11.1 Å². The average Bonchev–Trinajstić information content (AvgIpc) is 3.14. The molecule has 5 heteroatoms. The summed E-state index contributed by atoms with van der Waals surface area (Å²) in [5.74, 6) is -0.142. The molecule has 0 fully saturated rings. The van der Waals surface area contributed by atoms with Gasteiger partial charge in [-0.15, -0.1) is 5.10 Å². The SMILES string of the molecule is O=C(c1ccccc1)c1nnn(Cc2ccc(Cl)cc2)c1-c1ccccc1. The Morgan fingerprint density at radius 2 is 1.48 bits per heavy atom. The van der Waals surface area contributed by atoms with Gasteiger partial charge in [-0.3, -0.25) is 4.79 Å². The molecular formula is C22H16ClN3O. The molecule has 0 atom stereocenters. The molecule has 4 aromatic rings. The van der Waals surface area contributed by atoms with E-state index in [1.54, 1.807) is 16.8 Å². The zero-order valence-electron chi connectivity index (χ0n) is 14.4. The quantitative estimate of drug-likeness (QED) is 0.468. The Bertz CT molecular complexity index is 1060. The zero-order chi connectivity index (χ0) is 18.6. The number of aromatic nitrogens is 3. The molecule has 0 aliphatic carbocycles. The summed E-state index contributed by atoms with van der Waals surface area (Å²) in [4.78, 5) is 13.0. The molecule has 1 aromatic heterocycles. The van der Waals surface area contributed by atoms with Gasteiger partial charge < -0.3 is 0 Å². The highest BCUT2D eigenvalue weighted by molar-refractivity contribution is 6.30. The smallest absolute Gasteiger partial charge is 0.215 e. The van der Waals surface area contributed by atoms with Gasteiger partial charge in [0.1, 0.15) is 5.69 Å². The number of benzene rings is 3. The van der Waals surface area contributed by atoms with Crippen LogP contribution in [-0.4, -0.2) is 20.8 Å². The van der Waals surface area contributed by atoms with Crippen molar-refractivity contribution in [2.45, 2.75) is 6.54 Å². The van der Waals surface area contributed by atoms with Gasteiger partial charge in [0, 0.05) is 16.1 Å². The normalized spacial score (nSPS) is 10.7. The molecular weight excluding hydrogens is 358 g/mol. The van der Waals surface area contributed by atoms with Crippen molar-refractivity contribution < 1.29 is 4.79 Å². The van der Waals surface area contributed by atoms with Gasteiger partial charge in [0.05, 0.1) is 6.54 Å². The van der Waals surface area contributed by atoms with E-state index in [4.69, 9.17) is 11.6 Å². The average molecular weight is 374 g/mol. The summed E-state index contributed by atoms with van der Waals surface area (Å²) in [7, 11) is 0. The van der Waals surface area contributed by atoms with Crippen molar-refractivity contribution in [2.75, 3.05) is 0 Å². The van der Waals surface area contributed by atoms with E-state index >= 15 is 0 Å². The monoisotopic (exact) mass is 373 g/mol. The molecule has 0 N–H and O–H groups in total. The van der Waals surface area contributed by atoms with Crippen LogP contribution in [0, 0.1) is 0 Å². The molecule has 0 aliphatic heterocycles. The number of carbonyl (C=O) groups excluding carboxylic acids is 1. The summed E-state index contributed by atoms with van der Waals surface area (Å²) in [5.41, 5.74) is 3.57. The topological polar surface area (TPSA) is 47.8 Å². The van der Waals surface area contributed by atoms with Crippen molar-refractivity contribution in [3.8, 4) is 11.3 Å². The minimum Gasteiger partial charge on any atom is -0.287 e. The Morgan fingerprint density at radius 3 is 2.15 bits per heavy atom. The Hall–Kier alpha value is -3.24. The van der Waals surface area contributed by atoms with Crippen LogP contribution >= 0.6 is 11.6 Å². The Kier molecular flexibility index (Phi) is 4.81. The molecule has 4 rings (SSSR count). The largest absolute Gasteiger partial charge is 0.287 e. The second-order valence-electron chi connectivity index (χ2n) is 6.13. The van der Waals surface area contributed by atoms with Crippen LogP contribution < -0.4 is 0 Å². The number of hydrogen-bond acceptors (Lipinski definition) is 3. The predicted octanol–water partition coefficient (Wildman–Crippen LogP) is 4.88. The van der Waals surface area contributed by atoms with Crippen molar-refractivity contribution in [2.24, 2.45) is 0 Å². The van der Waals surface area contributed by atoms with Crippen molar-refractivity contribution >= 4 is 17.4 Å².